The predicted octanol–water partition coefficient (Wildman–Crippen LogP) is 2.83. The first-order valence-electron chi connectivity index (χ1n) is 11.5. The van der Waals surface area contributed by atoms with Crippen LogP contribution in [0.15, 0.2) is 14.7 Å². The minimum absolute atomic E-state index is 0.0303. The molecular formula is C22H36N3O10P. The summed E-state index contributed by atoms with van der Waals surface area (Å²) in [5, 5.41) is 12.1. The van der Waals surface area contributed by atoms with Crippen LogP contribution in [0, 0.1) is 6.92 Å². The molecule has 1 aromatic rings. The molecule has 14 heteroatoms. The van der Waals surface area contributed by atoms with Crippen LogP contribution in [0.2, 0.25) is 0 Å². The largest absolute Gasteiger partial charge is 0.475 e. The second-order valence-corrected chi connectivity index (χ2v) is 12.7. The predicted molar refractivity (Wildman–Crippen MR) is 128 cm³/mol. The molecule has 0 bridgehead atoms. The Morgan fingerprint density at radius 2 is 1.67 bits per heavy atom. The van der Waals surface area contributed by atoms with Crippen LogP contribution in [-0.2, 0) is 32.3 Å². The van der Waals surface area contributed by atoms with E-state index in [2.05, 4.69) is 10.1 Å². The number of H-pyrrole nitrogens is 1. The van der Waals surface area contributed by atoms with Crippen LogP contribution in [0.4, 0.5) is 0 Å². The van der Waals surface area contributed by atoms with Crippen molar-refractivity contribution < 1.29 is 37.6 Å². The second kappa shape index (κ2) is 9.79. The van der Waals surface area contributed by atoms with E-state index in [1.165, 1.54) is 6.92 Å². The fraction of sp³-hybridized carbons (Fsp3) is 0.773. The Balaban J connectivity index is 1.97. The summed E-state index contributed by atoms with van der Waals surface area (Å²) in [7, 11) is -4.07. The average molecular weight is 534 g/mol. The molecule has 3 heterocycles. The molecule has 0 aromatic carbocycles. The smallest absolute Gasteiger partial charge is 0.411 e. The summed E-state index contributed by atoms with van der Waals surface area (Å²) in [6.07, 6.45) is -2.53. The Kier molecular flexibility index (Phi) is 7.80. The molecule has 2 fully saturated rings. The molecule has 3 rings (SSSR count). The normalized spacial score (nSPS) is 26.6. The molecule has 2 aliphatic rings. The summed E-state index contributed by atoms with van der Waals surface area (Å²) >= 11 is 0. The van der Waals surface area contributed by atoms with Crippen LogP contribution in [0.5, 0.6) is 0 Å². The molecule has 0 unspecified atom stereocenters. The molecular weight excluding hydrogens is 497 g/mol. The number of aromatic nitrogens is 2. The third kappa shape index (κ3) is 6.52. The number of ether oxygens (including phenoxy) is 3. The van der Waals surface area contributed by atoms with E-state index < -0.39 is 60.6 Å². The number of fused-ring (bicyclic) bond motifs is 1. The van der Waals surface area contributed by atoms with Gasteiger partial charge in [-0.1, -0.05) is 5.16 Å². The molecule has 2 N–H and O–H groups in total. The number of phosphoric ester groups is 1. The van der Waals surface area contributed by atoms with Gasteiger partial charge in [-0.2, -0.15) is 0 Å². The fourth-order valence-electron chi connectivity index (χ4n) is 4.03. The van der Waals surface area contributed by atoms with E-state index in [-0.39, 0.29) is 17.9 Å². The topological polar surface area (TPSA) is 160 Å². The summed E-state index contributed by atoms with van der Waals surface area (Å²) in [4.78, 5) is 27.2. The van der Waals surface area contributed by atoms with Gasteiger partial charge < -0.3 is 19.4 Å². The van der Waals surface area contributed by atoms with E-state index in [4.69, 9.17) is 33.0 Å². The first-order chi connectivity index (χ1) is 16.3. The first kappa shape index (κ1) is 28.7. The Morgan fingerprint density at radius 1 is 1.11 bits per heavy atom. The highest BCUT2D eigenvalue weighted by Crippen LogP contribution is 2.56. The van der Waals surface area contributed by atoms with Crippen molar-refractivity contribution in [3.05, 3.63) is 32.1 Å². The maximum absolute atomic E-state index is 13.5. The van der Waals surface area contributed by atoms with E-state index in [0.29, 0.717) is 0 Å². The van der Waals surface area contributed by atoms with E-state index in [9.17, 15) is 14.2 Å². The molecule has 4 atom stereocenters. The number of phosphoric acid groups is 1. The number of rotatable bonds is 7. The lowest BCUT2D eigenvalue weighted by atomic mass is 10.1. The zero-order chi connectivity index (χ0) is 27.3. The number of hydrogen-bond acceptors (Lipinski definition) is 11. The summed E-state index contributed by atoms with van der Waals surface area (Å²) < 4.78 is 49.9. The van der Waals surface area contributed by atoms with Gasteiger partial charge in [0.05, 0.1) is 29.7 Å². The van der Waals surface area contributed by atoms with Crippen molar-refractivity contribution >= 4 is 14.0 Å². The highest BCUT2D eigenvalue weighted by Gasteiger charge is 2.57. The number of hydrogen-bond donors (Lipinski definition) is 2. The number of oxime groups is 1. The van der Waals surface area contributed by atoms with Gasteiger partial charge in [-0.15, -0.1) is 0 Å². The van der Waals surface area contributed by atoms with Crippen molar-refractivity contribution in [2.45, 2.75) is 104 Å². The second-order valence-electron chi connectivity index (χ2n) is 11.2. The maximum Gasteiger partial charge on any atom is 0.475 e. The number of aromatic amines is 1. The lowest BCUT2D eigenvalue weighted by molar-refractivity contribution is -0.200. The van der Waals surface area contributed by atoms with Crippen molar-refractivity contribution in [2.75, 3.05) is 6.61 Å². The van der Waals surface area contributed by atoms with Gasteiger partial charge in [0.1, 0.15) is 18.3 Å². The molecule has 2 saturated heterocycles. The zero-order valence-electron chi connectivity index (χ0n) is 22.1. The van der Waals surface area contributed by atoms with Crippen molar-refractivity contribution in [1.29, 1.82) is 0 Å². The molecule has 0 spiro atoms. The van der Waals surface area contributed by atoms with Crippen LogP contribution in [0.1, 0.15) is 72.9 Å². The lowest BCUT2D eigenvalue weighted by Gasteiger charge is -2.32. The maximum atomic E-state index is 13.5. The Hall–Kier alpha value is -1.86. The summed E-state index contributed by atoms with van der Waals surface area (Å²) in [6, 6.07) is 0. The summed E-state index contributed by atoms with van der Waals surface area (Å²) in [5.74, 6) is -1.03. The van der Waals surface area contributed by atoms with Gasteiger partial charge in [-0.05, 0) is 62.3 Å². The molecule has 36 heavy (non-hydrogen) atoms. The Labute approximate surface area is 209 Å². The van der Waals surface area contributed by atoms with Gasteiger partial charge in [0, 0.05) is 5.56 Å². The monoisotopic (exact) mass is 533 g/mol. The highest BCUT2D eigenvalue weighted by atomic mass is 31.2. The molecule has 2 aliphatic heterocycles. The van der Waals surface area contributed by atoms with Crippen LogP contribution in [0.3, 0.4) is 0 Å². The van der Waals surface area contributed by atoms with Crippen molar-refractivity contribution in [2.24, 2.45) is 5.16 Å². The number of nitrogens with zero attached hydrogens (tertiary/aromatic N) is 2. The molecule has 0 radical (unpaired) electrons. The standard InChI is InChI=1S/C22H36N3O10P/c1-12-13(10-23-28)25(19(27)24-17(12)26)18-16-15(32-22(8,9)33-16)14(31-18)11-30-36(29,34-20(2,3)4)35-21(5,6)7/h10,14-16,18,28H,11H2,1-9H3,(H,24,26,27)/b23-10-/t14-,15-,16-,18-/m1/s1. The summed E-state index contributed by atoms with van der Waals surface area (Å²) in [5.41, 5.74) is -2.94. The van der Waals surface area contributed by atoms with Crippen LogP contribution in [-0.4, -0.2) is 62.9 Å². The SMILES string of the molecule is Cc1c(/C=N\O)n([C@@H]2O[C@H](COP(=O)(OC(C)(C)C)OC(C)(C)C)[C@H]3OC(C)(C)O[C@H]32)c(=O)[nH]c1=O. The van der Waals surface area contributed by atoms with Crippen LogP contribution < -0.4 is 11.2 Å². The Morgan fingerprint density at radius 3 is 2.19 bits per heavy atom. The van der Waals surface area contributed by atoms with Crippen molar-refractivity contribution in [3.63, 3.8) is 0 Å². The molecule has 1 aromatic heterocycles. The Bertz CT molecular complexity index is 1140. The zero-order valence-corrected chi connectivity index (χ0v) is 23.0. The van der Waals surface area contributed by atoms with Gasteiger partial charge in [-0.3, -0.25) is 27.9 Å². The highest BCUT2D eigenvalue weighted by molar-refractivity contribution is 7.48. The minimum atomic E-state index is -4.07. The van der Waals surface area contributed by atoms with Gasteiger partial charge in [0.2, 0.25) is 0 Å². The van der Waals surface area contributed by atoms with Crippen molar-refractivity contribution in [1.82, 2.24) is 9.55 Å². The molecule has 0 aliphatic carbocycles. The van der Waals surface area contributed by atoms with Gasteiger partial charge in [0.25, 0.3) is 5.56 Å². The fourth-order valence-corrected chi connectivity index (χ4v) is 5.85. The van der Waals surface area contributed by atoms with Crippen molar-refractivity contribution in [3.8, 4) is 0 Å². The van der Waals surface area contributed by atoms with Gasteiger partial charge >= 0.3 is 13.5 Å². The molecule has 0 saturated carbocycles. The first-order valence-corrected chi connectivity index (χ1v) is 13.0. The number of nitrogens with one attached hydrogen (secondary N) is 1. The molecule has 0 amide bonds. The van der Waals surface area contributed by atoms with Gasteiger partial charge in [-0.25, -0.2) is 9.36 Å². The minimum Gasteiger partial charge on any atom is -0.411 e. The quantitative estimate of drug-likeness (QED) is 0.231. The summed E-state index contributed by atoms with van der Waals surface area (Å²) in [6.45, 7) is 14.9. The third-order valence-electron chi connectivity index (χ3n) is 5.15. The van der Waals surface area contributed by atoms with E-state index >= 15 is 0 Å². The van der Waals surface area contributed by atoms with E-state index in [1.807, 2.05) is 0 Å². The molecule has 13 nitrogen and oxygen atoms in total. The average Bonchev–Trinajstić information content (AvgIpc) is 3.15. The van der Waals surface area contributed by atoms with Crippen LogP contribution in [0.25, 0.3) is 0 Å². The van der Waals surface area contributed by atoms with E-state index in [0.717, 1.165) is 10.8 Å². The van der Waals surface area contributed by atoms with Crippen LogP contribution >= 0.6 is 7.82 Å². The van der Waals surface area contributed by atoms with Gasteiger partial charge in [0.15, 0.2) is 12.0 Å². The molecule has 204 valence electrons. The third-order valence-corrected chi connectivity index (χ3v) is 7.16. The lowest BCUT2D eigenvalue weighted by Crippen LogP contribution is -2.41. The van der Waals surface area contributed by atoms with E-state index in [1.54, 1.807) is 55.4 Å².